The Morgan fingerprint density at radius 3 is 2.43 bits per heavy atom. The molecule has 6 nitrogen and oxygen atoms in total. The summed E-state index contributed by atoms with van der Waals surface area (Å²) in [4.78, 5) is 6.49. The summed E-state index contributed by atoms with van der Waals surface area (Å²) in [7, 11) is 7.19. The lowest BCUT2D eigenvalue weighted by Crippen LogP contribution is -2.41. The van der Waals surface area contributed by atoms with Crippen molar-refractivity contribution in [2.45, 2.75) is 13.3 Å². The Morgan fingerprint density at radius 1 is 1.13 bits per heavy atom. The van der Waals surface area contributed by atoms with Crippen molar-refractivity contribution >= 4 is 5.96 Å². The number of rotatable bonds is 9. The molecule has 0 spiro atoms. The molecular weight excluding hydrogens is 292 g/mol. The van der Waals surface area contributed by atoms with Crippen molar-refractivity contribution in [2.75, 3.05) is 54.5 Å². The van der Waals surface area contributed by atoms with Crippen molar-refractivity contribution in [3.8, 4) is 11.5 Å². The highest BCUT2D eigenvalue weighted by Gasteiger charge is 2.05. The molecule has 1 rings (SSSR count). The molecule has 6 heteroatoms. The fourth-order valence-corrected chi connectivity index (χ4v) is 2.11. The number of guanidine groups is 1. The Hall–Kier alpha value is -1.95. The molecule has 2 N–H and O–H groups in total. The normalized spacial score (nSPS) is 11.5. The third kappa shape index (κ3) is 6.78. The number of likely N-dealkylation sites (N-methyl/N-ethyl adjacent to an activating group) is 1. The van der Waals surface area contributed by atoms with E-state index in [9.17, 15) is 0 Å². The molecule has 0 saturated heterocycles. The largest absolute Gasteiger partial charge is 0.493 e. The van der Waals surface area contributed by atoms with Crippen LogP contribution >= 0.6 is 0 Å². The van der Waals surface area contributed by atoms with E-state index in [1.807, 2.05) is 12.1 Å². The highest BCUT2D eigenvalue weighted by Crippen LogP contribution is 2.27. The lowest BCUT2D eigenvalue weighted by molar-refractivity contribution is 0.354. The van der Waals surface area contributed by atoms with Crippen LogP contribution < -0.4 is 20.1 Å². The highest BCUT2D eigenvalue weighted by molar-refractivity contribution is 5.79. The summed E-state index contributed by atoms with van der Waals surface area (Å²) in [6.07, 6.45) is 0.885. The minimum absolute atomic E-state index is 0.752. The molecule has 0 atom stereocenters. The van der Waals surface area contributed by atoms with Gasteiger partial charge in [0.05, 0.1) is 14.2 Å². The third-order valence-corrected chi connectivity index (χ3v) is 3.70. The van der Waals surface area contributed by atoms with Gasteiger partial charge in [-0.2, -0.15) is 0 Å². The van der Waals surface area contributed by atoms with Gasteiger partial charge in [0.1, 0.15) is 0 Å². The predicted octanol–water partition coefficient (Wildman–Crippen LogP) is 1.36. The maximum absolute atomic E-state index is 5.33. The molecule has 130 valence electrons. The Kier molecular flexibility index (Phi) is 8.90. The van der Waals surface area contributed by atoms with Gasteiger partial charge in [-0.3, -0.25) is 4.99 Å². The number of ether oxygens (including phenoxy) is 2. The van der Waals surface area contributed by atoms with Gasteiger partial charge < -0.3 is 25.0 Å². The highest BCUT2D eigenvalue weighted by atomic mass is 16.5. The van der Waals surface area contributed by atoms with E-state index in [2.05, 4.69) is 40.6 Å². The SMILES string of the molecule is CCN(C)CCNC(=NC)NCCc1ccc(OC)c(OC)c1. The maximum Gasteiger partial charge on any atom is 0.191 e. The van der Waals surface area contributed by atoms with Crippen LogP contribution in [0.3, 0.4) is 0 Å². The lowest BCUT2D eigenvalue weighted by atomic mass is 10.1. The molecule has 0 amide bonds. The number of hydrogen-bond acceptors (Lipinski definition) is 4. The summed E-state index contributed by atoms with van der Waals surface area (Å²) < 4.78 is 10.6. The van der Waals surface area contributed by atoms with Crippen LogP contribution in [0.25, 0.3) is 0 Å². The minimum Gasteiger partial charge on any atom is -0.493 e. The van der Waals surface area contributed by atoms with Crippen molar-refractivity contribution < 1.29 is 9.47 Å². The first-order valence-corrected chi connectivity index (χ1v) is 7.98. The minimum atomic E-state index is 0.752. The van der Waals surface area contributed by atoms with Gasteiger partial charge in [0.15, 0.2) is 17.5 Å². The van der Waals surface area contributed by atoms with E-state index in [0.717, 1.165) is 50.1 Å². The second kappa shape index (κ2) is 10.7. The fourth-order valence-electron chi connectivity index (χ4n) is 2.11. The summed E-state index contributed by atoms with van der Waals surface area (Å²) in [6.45, 7) is 5.87. The molecule has 0 aliphatic rings. The van der Waals surface area contributed by atoms with Crippen LogP contribution in [0.4, 0.5) is 0 Å². The molecule has 0 radical (unpaired) electrons. The number of nitrogens with one attached hydrogen (secondary N) is 2. The van der Waals surface area contributed by atoms with Crippen LogP contribution in [0.1, 0.15) is 12.5 Å². The van der Waals surface area contributed by atoms with Gasteiger partial charge in [-0.1, -0.05) is 13.0 Å². The maximum atomic E-state index is 5.33. The van der Waals surface area contributed by atoms with Crippen LogP contribution in [0, 0.1) is 0 Å². The van der Waals surface area contributed by atoms with Crippen LogP contribution in [0.15, 0.2) is 23.2 Å². The number of methoxy groups -OCH3 is 2. The van der Waals surface area contributed by atoms with Gasteiger partial charge >= 0.3 is 0 Å². The summed E-state index contributed by atoms with van der Waals surface area (Å²) in [6, 6.07) is 5.99. The summed E-state index contributed by atoms with van der Waals surface area (Å²) in [5.41, 5.74) is 1.19. The first-order valence-electron chi connectivity index (χ1n) is 7.98. The number of nitrogens with zero attached hydrogens (tertiary/aromatic N) is 2. The molecule has 0 fully saturated rings. The summed E-state index contributed by atoms with van der Waals surface area (Å²) >= 11 is 0. The Balaban J connectivity index is 2.39. The molecule has 0 saturated carbocycles. The van der Waals surface area contributed by atoms with Gasteiger partial charge in [-0.15, -0.1) is 0 Å². The van der Waals surface area contributed by atoms with Crippen molar-refractivity contribution in [1.29, 1.82) is 0 Å². The van der Waals surface area contributed by atoms with E-state index in [1.165, 1.54) is 5.56 Å². The van der Waals surface area contributed by atoms with Crippen molar-refractivity contribution in [2.24, 2.45) is 4.99 Å². The Morgan fingerprint density at radius 2 is 1.83 bits per heavy atom. The first-order chi connectivity index (χ1) is 11.1. The predicted molar refractivity (Wildman–Crippen MR) is 95.8 cm³/mol. The Bertz CT molecular complexity index is 491. The van der Waals surface area contributed by atoms with Gasteiger partial charge in [-0.05, 0) is 37.7 Å². The lowest BCUT2D eigenvalue weighted by Gasteiger charge is -2.16. The second-order valence-corrected chi connectivity index (χ2v) is 5.26. The van der Waals surface area contributed by atoms with Gasteiger partial charge in [0.25, 0.3) is 0 Å². The Labute approximate surface area is 139 Å². The molecule has 0 aliphatic heterocycles. The summed E-state index contributed by atoms with van der Waals surface area (Å²) in [5, 5.41) is 6.64. The average Bonchev–Trinajstić information content (AvgIpc) is 2.59. The smallest absolute Gasteiger partial charge is 0.191 e. The van der Waals surface area contributed by atoms with Crippen LogP contribution in [0.5, 0.6) is 11.5 Å². The average molecular weight is 322 g/mol. The van der Waals surface area contributed by atoms with Gasteiger partial charge in [-0.25, -0.2) is 0 Å². The van der Waals surface area contributed by atoms with E-state index in [0.29, 0.717) is 0 Å². The molecule has 0 unspecified atom stereocenters. The van der Waals surface area contributed by atoms with Crippen LogP contribution in [-0.4, -0.2) is 65.4 Å². The molecule has 0 heterocycles. The van der Waals surface area contributed by atoms with Crippen LogP contribution in [0.2, 0.25) is 0 Å². The third-order valence-electron chi connectivity index (χ3n) is 3.70. The standard InChI is InChI=1S/C17H30N4O2/c1-6-21(3)12-11-20-17(18-2)19-10-9-14-7-8-15(22-4)16(13-14)23-5/h7-8,13H,6,9-12H2,1-5H3,(H2,18,19,20). The molecule has 1 aromatic rings. The van der Waals surface area contributed by atoms with Crippen molar-refractivity contribution in [1.82, 2.24) is 15.5 Å². The zero-order chi connectivity index (χ0) is 17.1. The van der Waals surface area contributed by atoms with Crippen molar-refractivity contribution in [3.05, 3.63) is 23.8 Å². The second-order valence-electron chi connectivity index (χ2n) is 5.26. The molecular formula is C17H30N4O2. The molecule has 0 aliphatic carbocycles. The quantitative estimate of drug-likeness (QED) is 0.531. The number of hydrogen-bond donors (Lipinski definition) is 2. The number of benzene rings is 1. The zero-order valence-corrected chi connectivity index (χ0v) is 15.0. The molecule has 23 heavy (non-hydrogen) atoms. The van der Waals surface area contributed by atoms with E-state index in [4.69, 9.17) is 9.47 Å². The van der Waals surface area contributed by atoms with Gasteiger partial charge in [0.2, 0.25) is 0 Å². The molecule has 0 aromatic heterocycles. The molecule has 1 aromatic carbocycles. The van der Waals surface area contributed by atoms with Crippen LogP contribution in [-0.2, 0) is 6.42 Å². The first kappa shape index (κ1) is 19.1. The topological polar surface area (TPSA) is 58.1 Å². The van der Waals surface area contributed by atoms with Crippen molar-refractivity contribution in [3.63, 3.8) is 0 Å². The zero-order valence-electron chi connectivity index (χ0n) is 15.0. The van der Waals surface area contributed by atoms with E-state index in [1.54, 1.807) is 21.3 Å². The van der Waals surface area contributed by atoms with E-state index in [-0.39, 0.29) is 0 Å². The van der Waals surface area contributed by atoms with E-state index < -0.39 is 0 Å². The number of aliphatic imine (C=N–C) groups is 1. The fraction of sp³-hybridized carbons (Fsp3) is 0.588. The molecule has 0 bridgehead atoms. The van der Waals surface area contributed by atoms with Gasteiger partial charge in [0, 0.05) is 26.7 Å². The van der Waals surface area contributed by atoms with E-state index >= 15 is 0 Å². The summed E-state index contributed by atoms with van der Waals surface area (Å²) in [5.74, 6) is 2.34. The monoisotopic (exact) mass is 322 g/mol.